The molecule has 1 heterocycles. The van der Waals surface area contributed by atoms with E-state index in [4.69, 9.17) is 4.74 Å². The van der Waals surface area contributed by atoms with E-state index in [-0.39, 0.29) is 5.60 Å². The monoisotopic (exact) mass is 191 g/mol. The van der Waals surface area contributed by atoms with Gasteiger partial charge in [-0.1, -0.05) is 6.07 Å². The quantitative estimate of drug-likeness (QED) is 0.736. The van der Waals surface area contributed by atoms with Gasteiger partial charge in [-0.25, -0.2) is 0 Å². The number of nitrogens with one attached hydrogen (secondary N) is 1. The zero-order chi connectivity index (χ0) is 10.2. The van der Waals surface area contributed by atoms with Crippen LogP contribution in [0.4, 0.5) is 0 Å². The molecule has 1 aromatic carbocycles. The Morgan fingerprint density at radius 2 is 1.86 bits per heavy atom. The predicted octanol–water partition coefficient (Wildman–Crippen LogP) is 2.47. The van der Waals surface area contributed by atoms with E-state index in [1.54, 1.807) is 0 Å². The van der Waals surface area contributed by atoms with Gasteiger partial charge in [-0.15, -0.1) is 0 Å². The average Bonchev–Trinajstić information content (AvgIpc) is 2.47. The van der Waals surface area contributed by atoms with Crippen LogP contribution in [0.15, 0.2) is 18.2 Å². The summed E-state index contributed by atoms with van der Waals surface area (Å²) in [6, 6.07) is 6.34. The SMILES string of the molecule is CC(C)(C)Oc1ccc2c(c1)CNC2. The van der Waals surface area contributed by atoms with Crippen molar-refractivity contribution in [1.29, 1.82) is 0 Å². The lowest BCUT2D eigenvalue weighted by atomic mass is 10.1. The maximum atomic E-state index is 5.80. The van der Waals surface area contributed by atoms with Gasteiger partial charge in [-0.3, -0.25) is 0 Å². The van der Waals surface area contributed by atoms with Crippen molar-refractivity contribution in [3.05, 3.63) is 29.3 Å². The Labute approximate surface area is 85.3 Å². The lowest BCUT2D eigenvalue weighted by Crippen LogP contribution is -2.22. The molecule has 0 fully saturated rings. The van der Waals surface area contributed by atoms with Gasteiger partial charge in [0.15, 0.2) is 0 Å². The van der Waals surface area contributed by atoms with Crippen molar-refractivity contribution < 1.29 is 4.74 Å². The Hall–Kier alpha value is -1.02. The summed E-state index contributed by atoms with van der Waals surface area (Å²) in [6.07, 6.45) is 0. The molecule has 0 atom stereocenters. The molecule has 0 aromatic heterocycles. The number of ether oxygens (including phenoxy) is 1. The summed E-state index contributed by atoms with van der Waals surface area (Å²) >= 11 is 0. The van der Waals surface area contributed by atoms with Crippen molar-refractivity contribution in [3.63, 3.8) is 0 Å². The van der Waals surface area contributed by atoms with Crippen LogP contribution in [-0.2, 0) is 13.1 Å². The maximum absolute atomic E-state index is 5.80. The second-order valence-corrected chi connectivity index (χ2v) is 4.75. The number of rotatable bonds is 1. The molecule has 1 aliphatic heterocycles. The highest BCUT2D eigenvalue weighted by atomic mass is 16.5. The highest BCUT2D eigenvalue weighted by Crippen LogP contribution is 2.24. The molecule has 2 heteroatoms. The predicted molar refractivity (Wildman–Crippen MR) is 57.4 cm³/mol. The molecule has 1 N–H and O–H groups in total. The molecule has 0 radical (unpaired) electrons. The lowest BCUT2D eigenvalue weighted by molar-refractivity contribution is 0.131. The van der Waals surface area contributed by atoms with Crippen LogP contribution < -0.4 is 10.1 Å². The Kier molecular flexibility index (Phi) is 2.23. The fourth-order valence-corrected chi connectivity index (χ4v) is 1.69. The second-order valence-electron chi connectivity index (χ2n) is 4.75. The molecule has 1 aliphatic rings. The van der Waals surface area contributed by atoms with E-state index in [9.17, 15) is 0 Å². The summed E-state index contributed by atoms with van der Waals surface area (Å²) in [4.78, 5) is 0. The Bertz CT molecular complexity index is 339. The minimum absolute atomic E-state index is 0.111. The van der Waals surface area contributed by atoms with Crippen molar-refractivity contribution in [1.82, 2.24) is 5.32 Å². The van der Waals surface area contributed by atoms with E-state index >= 15 is 0 Å². The first-order valence-corrected chi connectivity index (χ1v) is 5.06. The van der Waals surface area contributed by atoms with E-state index in [2.05, 4.69) is 44.3 Å². The van der Waals surface area contributed by atoms with Gasteiger partial charge in [0.05, 0.1) is 0 Å². The van der Waals surface area contributed by atoms with E-state index in [0.29, 0.717) is 0 Å². The van der Waals surface area contributed by atoms with Crippen molar-refractivity contribution in [2.75, 3.05) is 0 Å². The van der Waals surface area contributed by atoms with Gasteiger partial charge in [-0.05, 0) is 44.0 Å². The van der Waals surface area contributed by atoms with Crippen molar-refractivity contribution in [2.45, 2.75) is 39.5 Å². The van der Waals surface area contributed by atoms with E-state index < -0.39 is 0 Å². The summed E-state index contributed by atoms with van der Waals surface area (Å²) in [5, 5.41) is 3.32. The maximum Gasteiger partial charge on any atom is 0.120 e. The standard InChI is InChI=1S/C12H17NO/c1-12(2,3)14-11-5-4-9-7-13-8-10(9)6-11/h4-6,13H,7-8H2,1-3H3. The fraction of sp³-hybridized carbons (Fsp3) is 0.500. The normalized spacial score (nSPS) is 15.4. The molecular formula is C12H17NO. The summed E-state index contributed by atoms with van der Waals surface area (Å²) in [6.45, 7) is 8.16. The first-order chi connectivity index (χ1) is 6.54. The summed E-state index contributed by atoms with van der Waals surface area (Å²) in [7, 11) is 0. The minimum atomic E-state index is -0.111. The van der Waals surface area contributed by atoms with Crippen LogP contribution in [0.25, 0.3) is 0 Å². The van der Waals surface area contributed by atoms with Crippen LogP contribution in [-0.4, -0.2) is 5.60 Å². The van der Waals surface area contributed by atoms with Crippen LogP contribution in [0.1, 0.15) is 31.9 Å². The summed E-state index contributed by atoms with van der Waals surface area (Å²) in [5.74, 6) is 0.972. The summed E-state index contributed by atoms with van der Waals surface area (Å²) in [5.41, 5.74) is 2.65. The van der Waals surface area contributed by atoms with Gasteiger partial charge in [0.2, 0.25) is 0 Å². The zero-order valence-corrected chi connectivity index (χ0v) is 9.05. The number of hydrogen-bond donors (Lipinski definition) is 1. The van der Waals surface area contributed by atoms with Crippen molar-refractivity contribution in [2.24, 2.45) is 0 Å². The van der Waals surface area contributed by atoms with Crippen LogP contribution in [0.2, 0.25) is 0 Å². The highest BCUT2D eigenvalue weighted by molar-refractivity contribution is 5.37. The number of benzene rings is 1. The molecule has 0 bridgehead atoms. The van der Waals surface area contributed by atoms with E-state index in [1.807, 2.05) is 0 Å². The average molecular weight is 191 g/mol. The van der Waals surface area contributed by atoms with Gasteiger partial charge in [0.1, 0.15) is 11.4 Å². The van der Waals surface area contributed by atoms with Gasteiger partial charge >= 0.3 is 0 Å². The van der Waals surface area contributed by atoms with Crippen LogP contribution >= 0.6 is 0 Å². The molecule has 14 heavy (non-hydrogen) atoms. The second kappa shape index (κ2) is 3.28. The smallest absolute Gasteiger partial charge is 0.120 e. The van der Waals surface area contributed by atoms with E-state index in [0.717, 1.165) is 18.8 Å². The first kappa shape index (κ1) is 9.53. The Balaban J connectivity index is 2.21. The third-order valence-corrected chi connectivity index (χ3v) is 2.23. The Morgan fingerprint density at radius 1 is 1.14 bits per heavy atom. The molecule has 2 rings (SSSR count). The molecule has 0 amide bonds. The first-order valence-electron chi connectivity index (χ1n) is 5.06. The highest BCUT2D eigenvalue weighted by Gasteiger charge is 2.14. The molecule has 0 saturated heterocycles. The van der Waals surface area contributed by atoms with Crippen molar-refractivity contribution in [3.8, 4) is 5.75 Å². The van der Waals surface area contributed by atoms with Crippen LogP contribution in [0, 0.1) is 0 Å². The molecule has 76 valence electrons. The van der Waals surface area contributed by atoms with Gasteiger partial charge < -0.3 is 10.1 Å². The minimum Gasteiger partial charge on any atom is -0.488 e. The molecule has 0 unspecified atom stereocenters. The van der Waals surface area contributed by atoms with E-state index in [1.165, 1.54) is 11.1 Å². The van der Waals surface area contributed by atoms with Gasteiger partial charge in [-0.2, -0.15) is 0 Å². The number of fused-ring (bicyclic) bond motifs is 1. The third-order valence-electron chi connectivity index (χ3n) is 2.23. The third kappa shape index (κ3) is 2.07. The molecule has 0 aliphatic carbocycles. The van der Waals surface area contributed by atoms with Crippen LogP contribution in [0.5, 0.6) is 5.75 Å². The van der Waals surface area contributed by atoms with Gasteiger partial charge in [0, 0.05) is 13.1 Å². The molecule has 0 saturated carbocycles. The lowest BCUT2D eigenvalue weighted by Gasteiger charge is -2.21. The van der Waals surface area contributed by atoms with Crippen molar-refractivity contribution >= 4 is 0 Å². The Morgan fingerprint density at radius 3 is 2.57 bits per heavy atom. The summed E-state index contributed by atoms with van der Waals surface area (Å²) < 4.78 is 5.80. The fourth-order valence-electron chi connectivity index (χ4n) is 1.69. The molecule has 0 spiro atoms. The molecular weight excluding hydrogens is 174 g/mol. The largest absolute Gasteiger partial charge is 0.488 e. The van der Waals surface area contributed by atoms with Crippen LogP contribution in [0.3, 0.4) is 0 Å². The number of hydrogen-bond acceptors (Lipinski definition) is 2. The zero-order valence-electron chi connectivity index (χ0n) is 9.05. The molecule has 1 aromatic rings. The topological polar surface area (TPSA) is 21.3 Å². The molecule has 2 nitrogen and oxygen atoms in total. The van der Waals surface area contributed by atoms with Gasteiger partial charge in [0.25, 0.3) is 0 Å².